The van der Waals surface area contributed by atoms with Gasteiger partial charge in [0.05, 0.1) is 17.0 Å². The summed E-state index contributed by atoms with van der Waals surface area (Å²) < 4.78 is 10.7. The van der Waals surface area contributed by atoms with E-state index in [9.17, 15) is 19.8 Å². The van der Waals surface area contributed by atoms with Gasteiger partial charge in [0.15, 0.2) is 11.5 Å². The Balaban J connectivity index is 2.03. The van der Waals surface area contributed by atoms with Crippen molar-refractivity contribution >= 4 is 0 Å². The predicted molar refractivity (Wildman–Crippen MR) is 96.0 cm³/mol. The van der Waals surface area contributed by atoms with Crippen LogP contribution >= 0.6 is 0 Å². The van der Waals surface area contributed by atoms with Gasteiger partial charge in [0.1, 0.15) is 11.6 Å². The summed E-state index contributed by atoms with van der Waals surface area (Å²) in [6, 6.07) is 4.80. The zero-order valence-corrected chi connectivity index (χ0v) is 14.9. The average Bonchev–Trinajstić information content (AvgIpc) is 3.06. The molecule has 28 heavy (non-hydrogen) atoms. The average molecular weight is 384 g/mol. The normalized spacial score (nSPS) is 12.5. The number of aromatic hydroxyl groups is 2. The van der Waals surface area contributed by atoms with Crippen LogP contribution in [0.5, 0.6) is 23.3 Å². The van der Waals surface area contributed by atoms with Gasteiger partial charge in [-0.1, -0.05) is 6.07 Å². The van der Waals surface area contributed by atoms with E-state index in [-0.39, 0.29) is 29.6 Å². The first-order valence-electron chi connectivity index (χ1n) is 8.34. The third kappa shape index (κ3) is 2.84. The lowest BCUT2D eigenvalue weighted by atomic mass is 9.86. The molecule has 0 fully saturated rings. The van der Waals surface area contributed by atoms with Crippen LogP contribution in [0, 0.1) is 13.8 Å². The van der Waals surface area contributed by atoms with E-state index < -0.39 is 28.8 Å². The number of ether oxygens (including phenoxy) is 2. The van der Waals surface area contributed by atoms with Crippen LogP contribution in [0.25, 0.3) is 0 Å². The molecule has 0 aliphatic carbocycles. The van der Waals surface area contributed by atoms with Gasteiger partial charge in [-0.25, -0.2) is 9.97 Å². The van der Waals surface area contributed by atoms with E-state index in [0.717, 1.165) is 0 Å². The van der Waals surface area contributed by atoms with Crippen molar-refractivity contribution in [1.29, 1.82) is 0 Å². The van der Waals surface area contributed by atoms with Crippen molar-refractivity contribution in [2.24, 2.45) is 0 Å². The molecule has 1 aromatic carbocycles. The molecule has 1 aliphatic rings. The van der Waals surface area contributed by atoms with E-state index in [1.54, 1.807) is 18.2 Å². The quantitative estimate of drug-likeness (QED) is 0.517. The number of nitrogens with one attached hydrogen (secondary N) is 2. The zero-order chi connectivity index (χ0) is 20.0. The van der Waals surface area contributed by atoms with Crippen molar-refractivity contribution in [3.05, 3.63) is 67.2 Å². The largest absolute Gasteiger partial charge is 0.493 e. The molecule has 10 heteroatoms. The molecule has 0 spiro atoms. The number of hydrogen-bond donors (Lipinski definition) is 4. The zero-order valence-electron chi connectivity index (χ0n) is 14.9. The van der Waals surface area contributed by atoms with Crippen molar-refractivity contribution < 1.29 is 19.7 Å². The number of aromatic amines is 2. The molecule has 0 saturated carbocycles. The van der Waals surface area contributed by atoms with Gasteiger partial charge in [-0.15, -0.1) is 0 Å². The van der Waals surface area contributed by atoms with Crippen LogP contribution in [0.4, 0.5) is 0 Å². The number of aryl methyl sites for hydroxylation is 2. The number of nitrogens with zero attached hydrogens (tertiary/aromatic N) is 2. The first-order chi connectivity index (χ1) is 13.3. The molecule has 144 valence electrons. The molecule has 3 aromatic rings. The molecule has 0 unspecified atom stereocenters. The second-order valence-corrected chi connectivity index (χ2v) is 6.32. The van der Waals surface area contributed by atoms with Crippen LogP contribution in [0.2, 0.25) is 0 Å². The van der Waals surface area contributed by atoms with Crippen LogP contribution < -0.4 is 20.6 Å². The summed E-state index contributed by atoms with van der Waals surface area (Å²) in [5.41, 5.74) is -1.28. The lowest BCUT2D eigenvalue weighted by Crippen LogP contribution is -2.26. The lowest BCUT2D eigenvalue weighted by Gasteiger charge is -2.19. The maximum absolute atomic E-state index is 12.6. The number of rotatable bonds is 3. The first kappa shape index (κ1) is 17.6. The number of H-pyrrole nitrogens is 2. The maximum Gasteiger partial charge on any atom is 0.258 e. The maximum atomic E-state index is 12.6. The second-order valence-electron chi connectivity index (χ2n) is 6.32. The van der Waals surface area contributed by atoms with Gasteiger partial charge in [-0.05, 0) is 31.5 Å². The van der Waals surface area contributed by atoms with Gasteiger partial charge in [0, 0.05) is 0 Å². The third-order valence-corrected chi connectivity index (χ3v) is 4.41. The van der Waals surface area contributed by atoms with E-state index in [0.29, 0.717) is 17.1 Å². The first-order valence-corrected chi connectivity index (χ1v) is 8.34. The van der Waals surface area contributed by atoms with Crippen LogP contribution in [-0.2, 0) is 0 Å². The summed E-state index contributed by atoms with van der Waals surface area (Å²) in [4.78, 5) is 38.1. The minimum absolute atomic E-state index is 0.0410. The summed E-state index contributed by atoms with van der Waals surface area (Å²) >= 11 is 0. The van der Waals surface area contributed by atoms with Crippen molar-refractivity contribution in [1.82, 2.24) is 19.9 Å². The summed E-state index contributed by atoms with van der Waals surface area (Å²) in [5, 5.41) is 20.8. The van der Waals surface area contributed by atoms with Crippen LogP contribution in [0.15, 0.2) is 27.8 Å². The summed E-state index contributed by atoms with van der Waals surface area (Å²) in [6.07, 6.45) is 0. The fraction of sp³-hybridized carbons (Fsp3) is 0.222. The SMILES string of the molecule is Cc1nc(O)c(C(c2ccc3c(c2)OCO3)c2c(O)nc(C)[nH]c2=O)c(=O)[nH]1. The molecule has 0 saturated heterocycles. The molecule has 4 N–H and O–H groups in total. The molecule has 3 heterocycles. The Hall–Kier alpha value is -3.82. The Morgan fingerprint density at radius 1 is 0.929 bits per heavy atom. The smallest absolute Gasteiger partial charge is 0.258 e. The Bertz CT molecular complexity index is 1130. The second kappa shape index (κ2) is 6.41. The molecule has 1 aliphatic heterocycles. The van der Waals surface area contributed by atoms with E-state index in [1.165, 1.54) is 13.8 Å². The van der Waals surface area contributed by atoms with Gasteiger partial charge in [-0.3, -0.25) is 9.59 Å². The van der Waals surface area contributed by atoms with E-state index in [4.69, 9.17) is 9.47 Å². The number of benzene rings is 1. The van der Waals surface area contributed by atoms with Gasteiger partial charge < -0.3 is 29.7 Å². The number of hydrogen-bond acceptors (Lipinski definition) is 8. The molecule has 0 bridgehead atoms. The summed E-state index contributed by atoms with van der Waals surface area (Å²) in [6.45, 7) is 3.07. The number of fused-ring (bicyclic) bond motifs is 1. The predicted octanol–water partition coefficient (Wildman–Crippen LogP) is 0.790. The fourth-order valence-corrected chi connectivity index (χ4v) is 3.25. The van der Waals surface area contributed by atoms with Gasteiger partial charge in [0.2, 0.25) is 18.6 Å². The van der Waals surface area contributed by atoms with Crippen molar-refractivity contribution in [3.8, 4) is 23.3 Å². The van der Waals surface area contributed by atoms with Crippen LogP contribution in [-0.4, -0.2) is 36.9 Å². The van der Waals surface area contributed by atoms with Crippen molar-refractivity contribution in [2.75, 3.05) is 6.79 Å². The molecular formula is C18H16N4O6. The highest BCUT2D eigenvalue weighted by Gasteiger charge is 2.31. The summed E-state index contributed by atoms with van der Waals surface area (Å²) in [7, 11) is 0. The molecule has 2 aromatic heterocycles. The topological polar surface area (TPSA) is 150 Å². The van der Waals surface area contributed by atoms with Crippen molar-refractivity contribution in [2.45, 2.75) is 19.8 Å². The Morgan fingerprint density at radius 3 is 2.00 bits per heavy atom. The number of aromatic nitrogens is 4. The fourth-order valence-electron chi connectivity index (χ4n) is 3.25. The monoisotopic (exact) mass is 384 g/mol. The lowest BCUT2D eigenvalue weighted by molar-refractivity contribution is 0.174. The Labute approximate surface area is 157 Å². The van der Waals surface area contributed by atoms with Gasteiger partial charge in [0.25, 0.3) is 11.1 Å². The highest BCUT2D eigenvalue weighted by molar-refractivity contribution is 5.53. The van der Waals surface area contributed by atoms with Gasteiger partial charge in [-0.2, -0.15) is 0 Å². The standard InChI is InChI=1S/C18H16N4O6/c1-7-19-15(23)13(16(24)20-7)12(14-17(25)21-8(2)22-18(14)26)9-3-4-10-11(5-9)28-6-27-10/h3-5,12H,6H2,1-2H3,(H2,19,20,23,24)(H2,21,22,25,26). The van der Waals surface area contributed by atoms with Crippen molar-refractivity contribution in [3.63, 3.8) is 0 Å². The molecule has 0 atom stereocenters. The van der Waals surface area contributed by atoms with E-state index in [2.05, 4.69) is 19.9 Å². The van der Waals surface area contributed by atoms with Crippen LogP contribution in [0.1, 0.15) is 34.3 Å². The molecule has 0 radical (unpaired) electrons. The van der Waals surface area contributed by atoms with Crippen LogP contribution in [0.3, 0.4) is 0 Å². The summed E-state index contributed by atoms with van der Waals surface area (Å²) in [5.74, 6) is -0.932. The molecular weight excluding hydrogens is 368 g/mol. The Kier molecular flexibility index (Phi) is 4.03. The van der Waals surface area contributed by atoms with Gasteiger partial charge >= 0.3 is 0 Å². The molecule has 0 amide bonds. The molecule has 4 rings (SSSR count). The van der Waals surface area contributed by atoms with E-state index >= 15 is 0 Å². The minimum Gasteiger partial charge on any atom is -0.493 e. The molecule has 10 nitrogen and oxygen atoms in total. The minimum atomic E-state index is -1.15. The van der Waals surface area contributed by atoms with E-state index in [1.807, 2.05) is 0 Å². The highest BCUT2D eigenvalue weighted by Crippen LogP contribution is 2.40. The Morgan fingerprint density at radius 2 is 1.46 bits per heavy atom. The highest BCUT2D eigenvalue weighted by atomic mass is 16.7. The third-order valence-electron chi connectivity index (χ3n) is 4.41.